The third-order valence-electron chi connectivity index (χ3n) is 4.78. The van der Waals surface area contributed by atoms with Crippen LogP contribution in [-0.4, -0.2) is 31.7 Å². The Hall–Kier alpha value is -1.60. The van der Waals surface area contributed by atoms with Gasteiger partial charge in [0.05, 0.1) is 4.90 Å². The van der Waals surface area contributed by atoms with Crippen molar-refractivity contribution in [1.82, 2.24) is 4.31 Å². The summed E-state index contributed by atoms with van der Waals surface area (Å²) in [6.45, 7) is 2.79. The molecule has 0 radical (unpaired) electrons. The maximum absolute atomic E-state index is 13.0. The number of hydrogen-bond donors (Lipinski definition) is 1. The largest absolute Gasteiger partial charge is 0.322 e. The van der Waals surface area contributed by atoms with E-state index in [0.29, 0.717) is 39.9 Å². The summed E-state index contributed by atoms with van der Waals surface area (Å²) in [5.41, 5.74) is 1.43. The van der Waals surface area contributed by atoms with E-state index in [4.69, 9.17) is 23.2 Å². The Kier molecular flexibility index (Phi) is 6.65. The molecule has 1 saturated heterocycles. The fourth-order valence-electron chi connectivity index (χ4n) is 3.26. The number of nitrogens with zero attached hydrogens (tertiary/aromatic N) is 1. The van der Waals surface area contributed by atoms with E-state index in [2.05, 4.69) is 5.32 Å². The molecule has 1 aliphatic heterocycles. The van der Waals surface area contributed by atoms with E-state index < -0.39 is 15.9 Å². The van der Waals surface area contributed by atoms with Gasteiger partial charge in [-0.1, -0.05) is 42.1 Å². The molecule has 5 nitrogen and oxygen atoms in total. The van der Waals surface area contributed by atoms with Crippen molar-refractivity contribution in [2.75, 3.05) is 18.4 Å². The van der Waals surface area contributed by atoms with E-state index >= 15 is 0 Å². The maximum atomic E-state index is 13.0. The highest BCUT2D eigenvalue weighted by atomic mass is 35.5. The summed E-state index contributed by atoms with van der Waals surface area (Å²) in [5.74, 6) is -0.413. The molecule has 0 atom stereocenters. The van der Waals surface area contributed by atoms with Gasteiger partial charge in [0.15, 0.2) is 0 Å². The highest BCUT2D eigenvalue weighted by molar-refractivity contribution is 7.89. The summed E-state index contributed by atoms with van der Waals surface area (Å²) in [6.07, 6.45) is 3.79. The summed E-state index contributed by atoms with van der Waals surface area (Å²) < 4.78 is 27.6. The van der Waals surface area contributed by atoms with Crippen molar-refractivity contribution in [1.29, 1.82) is 0 Å². The molecular formula is C20H22Cl2N2O3S. The van der Waals surface area contributed by atoms with Gasteiger partial charge in [0.2, 0.25) is 10.0 Å². The zero-order chi connectivity index (χ0) is 20.3. The average molecular weight is 441 g/mol. The lowest BCUT2D eigenvalue weighted by Gasteiger charge is -2.20. The highest BCUT2D eigenvalue weighted by Crippen LogP contribution is 2.25. The minimum atomic E-state index is -3.63. The molecule has 0 bridgehead atoms. The number of hydrogen-bond acceptors (Lipinski definition) is 3. The molecule has 0 spiro atoms. The number of benzene rings is 2. The van der Waals surface area contributed by atoms with E-state index in [9.17, 15) is 13.2 Å². The number of rotatable bonds is 4. The van der Waals surface area contributed by atoms with E-state index in [1.54, 1.807) is 37.3 Å². The predicted octanol–water partition coefficient (Wildman–Crippen LogP) is 5.12. The number of nitrogens with one attached hydrogen (secondary N) is 1. The first kappa shape index (κ1) is 21.1. The lowest BCUT2D eigenvalue weighted by atomic mass is 10.1. The highest BCUT2D eigenvalue weighted by Gasteiger charge is 2.26. The van der Waals surface area contributed by atoms with Gasteiger partial charge in [0, 0.05) is 34.4 Å². The normalized spacial score (nSPS) is 15.8. The summed E-state index contributed by atoms with van der Waals surface area (Å²) in [7, 11) is -3.63. The van der Waals surface area contributed by atoms with E-state index in [-0.39, 0.29) is 4.90 Å². The van der Waals surface area contributed by atoms with Crippen molar-refractivity contribution in [3.05, 3.63) is 57.6 Å². The van der Waals surface area contributed by atoms with Gasteiger partial charge in [-0.15, -0.1) is 0 Å². The summed E-state index contributed by atoms with van der Waals surface area (Å²) in [5, 5.41) is 3.53. The first-order valence-corrected chi connectivity index (χ1v) is 11.4. The number of anilines is 1. The second kappa shape index (κ2) is 8.82. The van der Waals surface area contributed by atoms with Gasteiger partial charge in [-0.05, 0) is 55.7 Å². The summed E-state index contributed by atoms with van der Waals surface area (Å²) >= 11 is 11.9. The SMILES string of the molecule is Cc1ccc(S(=O)(=O)N2CCCCCC2)cc1C(=O)Nc1cc(Cl)cc(Cl)c1. The van der Waals surface area contributed by atoms with Gasteiger partial charge in [-0.25, -0.2) is 8.42 Å². The first-order valence-electron chi connectivity index (χ1n) is 9.15. The molecule has 28 heavy (non-hydrogen) atoms. The van der Waals surface area contributed by atoms with Gasteiger partial charge < -0.3 is 5.32 Å². The van der Waals surface area contributed by atoms with E-state index in [1.807, 2.05) is 0 Å². The average Bonchev–Trinajstić information content (AvgIpc) is 2.91. The van der Waals surface area contributed by atoms with Crippen molar-refractivity contribution < 1.29 is 13.2 Å². The van der Waals surface area contributed by atoms with Crippen LogP contribution in [0.5, 0.6) is 0 Å². The molecule has 1 amide bonds. The Morgan fingerprint density at radius 1 is 0.964 bits per heavy atom. The molecule has 0 saturated carbocycles. The molecule has 1 N–H and O–H groups in total. The van der Waals surface area contributed by atoms with Crippen molar-refractivity contribution in [3.63, 3.8) is 0 Å². The Bertz CT molecular complexity index is 965. The van der Waals surface area contributed by atoms with Gasteiger partial charge in [-0.2, -0.15) is 4.31 Å². The van der Waals surface area contributed by atoms with E-state index in [0.717, 1.165) is 25.7 Å². The Morgan fingerprint density at radius 2 is 1.57 bits per heavy atom. The fraction of sp³-hybridized carbons (Fsp3) is 0.350. The topological polar surface area (TPSA) is 66.5 Å². The molecule has 0 aliphatic carbocycles. The van der Waals surface area contributed by atoms with Crippen LogP contribution in [0, 0.1) is 6.92 Å². The van der Waals surface area contributed by atoms with Crippen LogP contribution >= 0.6 is 23.2 Å². The Morgan fingerprint density at radius 3 is 2.18 bits per heavy atom. The predicted molar refractivity (Wildman–Crippen MR) is 113 cm³/mol. The van der Waals surface area contributed by atoms with Gasteiger partial charge >= 0.3 is 0 Å². The van der Waals surface area contributed by atoms with Crippen LogP contribution in [0.2, 0.25) is 10.0 Å². The van der Waals surface area contributed by atoms with Crippen LogP contribution in [0.15, 0.2) is 41.3 Å². The van der Waals surface area contributed by atoms with Gasteiger partial charge in [-0.3, -0.25) is 4.79 Å². The number of amides is 1. The van der Waals surface area contributed by atoms with Crippen molar-refractivity contribution in [2.24, 2.45) is 0 Å². The fourth-order valence-corrected chi connectivity index (χ4v) is 5.33. The molecular weight excluding hydrogens is 419 g/mol. The number of aryl methyl sites for hydroxylation is 1. The second-order valence-electron chi connectivity index (χ2n) is 6.91. The second-order valence-corrected chi connectivity index (χ2v) is 9.72. The zero-order valence-electron chi connectivity index (χ0n) is 15.5. The minimum Gasteiger partial charge on any atom is -0.322 e. The Balaban J connectivity index is 1.89. The van der Waals surface area contributed by atoms with Crippen LogP contribution < -0.4 is 5.32 Å². The smallest absolute Gasteiger partial charge is 0.255 e. The molecule has 0 unspecified atom stereocenters. The minimum absolute atomic E-state index is 0.134. The molecule has 8 heteroatoms. The number of carbonyl (C=O) groups excluding carboxylic acids is 1. The van der Waals surface area contributed by atoms with Gasteiger partial charge in [0.25, 0.3) is 5.91 Å². The van der Waals surface area contributed by atoms with Crippen LogP contribution in [0.4, 0.5) is 5.69 Å². The first-order chi connectivity index (χ1) is 13.3. The molecule has 3 rings (SSSR count). The van der Waals surface area contributed by atoms with Gasteiger partial charge in [0.1, 0.15) is 0 Å². The number of sulfonamides is 1. The third-order valence-corrected chi connectivity index (χ3v) is 7.11. The summed E-state index contributed by atoms with van der Waals surface area (Å²) in [4.78, 5) is 12.9. The summed E-state index contributed by atoms with van der Waals surface area (Å²) in [6, 6.07) is 9.39. The molecule has 150 valence electrons. The Labute approximate surface area is 175 Å². The maximum Gasteiger partial charge on any atom is 0.255 e. The zero-order valence-corrected chi connectivity index (χ0v) is 17.9. The van der Waals surface area contributed by atoms with Crippen LogP contribution in [0.1, 0.15) is 41.6 Å². The lowest BCUT2D eigenvalue weighted by molar-refractivity contribution is 0.102. The monoisotopic (exact) mass is 440 g/mol. The van der Waals surface area contributed by atoms with Crippen LogP contribution in [-0.2, 0) is 10.0 Å². The molecule has 1 fully saturated rings. The molecule has 1 heterocycles. The number of carbonyl (C=O) groups is 1. The van der Waals surface area contributed by atoms with Crippen molar-refractivity contribution in [2.45, 2.75) is 37.5 Å². The van der Waals surface area contributed by atoms with Crippen LogP contribution in [0.3, 0.4) is 0 Å². The van der Waals surface area contributed by atoms with Crippen LogP contribution in [0.25, 0.3) is 0 Å². The van der Waals surface area contributed by atoms with Crippen molar-refractivity contribution >= 4 is 44.8 Å². The molecule has 2 aromatic rings. The number of halogens is 2. The molecule has 0 aromatic heterocycles. The van der Waals surface area contributed by atoms with E-state index in [1.165, 1.54) is 10.4 Å². The lowest BCUT2D eigenvalue weighted by Crippen LogP contribution is -2.32. The van der Waals surface area contributed by atoms with Crippen molar-refractivity contribution in [3.8, 4) is 0 Å². The quantitative estimate of drug-likeness (QED) is 0.716. The molecule has 2 aromatic carbocycles. The standard InChI is InChI=1S/C20H22Cl2N2O3S/c1-14-6-7-18(28(26,27)24-8-4-2-3-5-9-24)13-19(14)20(25)23-17-11-15(21)10-16(22)12-17/h6-7,10-13H,2-5,8-9H2,1H3,(H,23,25). The molecule has 1 aliphatic rings. The third kappa shape index (κ3) is 4.87.